The summed E-state index contributed by atoms with van der Waals surface area (Å²) in [5, 5.41) is 3.22. The second-order valence-electron chi connectivity index (χ2n) is 8.32. The van der Waals surface area contributed by atoms with Crippen molar-refractivity contribution in [2.45, 2.75) is 50.3 Å². The highest BCUT2D eigenvalue weighted by Gasteiger charge is 2.28. The van der Waals surface area contributed by atoms with Gasteiger partial charge in [-0.3, -0.25) is 9.69 Å². The molecule has 0 spiro atoms. The van der Waals surface area contributed by atoms with Gasteiger partial charge in [-0.25, -0.2) is 0 Å². The van der Waals surface area contributed by atoms with Crippen LogP contribution in [0.1, 0.15) is 32.1 Å². The van der Waals surface area contributed by atoms with Crippen molar-refractivity contribution in [1.29, 1.82) is 0 Å². The lowest BCUT2D eigenvalue weighted by molar-refractivity contribution is -0.123. The van der Waals surface area contributed by atoms with Crippen molar-refractivity contribution in [3.05, 3.63) is 18.2 Å². The van der Waals surface area contributed by atoms with E-state index in [2.05, 4.69) is 29.2 Å². The molecular weight excluding hydrogens is 358 g/mol. The molecule has 2 aliphatic heterocycles. The summed E-state index contributed by atoms with van der Waals surface area (Å²) in [6.45, 7) is 2.78. The van der Waals surface area contributed by atoms with E-state index in [1.807, 2.05) is 18.2 Å². The first kappa shape index (κ1) is 19.3. The summed E-state index contributed by atoms with van der Waals surface area (Å²) in [5.41, 5.74) is 0. The van der Waals surface area contributed by atoms with Gasteiger partial charge in [-0.05, 0) is 58.3 Å². The van der Waals surface area contributed by atoms with Crippen LogP contribution in [0, 0.1) is 0 Å². The summed E-state index contributed by atoms with van der Waals surface area (Å²) in [6.07, 6.45) is 5.15. The van der Waals surface area contributed by atoms with E-state index in [0.29, 0.717) is 12.6 Å². The summed E-state index contributed by atoms with van der Waals surface area (Å²) < 4.78 is 16.9. The molecule has 0 aromatic heterocycles. The Morgan fingerprint density at radius 2 is 1.96 bits per heavy atom. The van der Waals surface area contributed by atoms with E-state index in [1.54, 1.807) is 0 Å². The third-order valence-electron chi connectivity index (χ3n) is 6.03. The Morgan fingerprint density at radius 1 is 1.18 bits per heavy atom. The number of likely N-dealkylation sites (N-methyl/N-ethyl adjacent to an activating group) is 1. The third kappa shape index (κ3) is 4.70. The second-order valence-corrected chi connectivity index (χ2v) is 8.32. The van der Waals surface area contributed by atoms with Gasteiger partial charge in [0.25, 0.3) is 0 Å². The van der Waals surface area contributed by atoms with Gasteiger partial charge in [0.2, 0.25) is 12.7 Å². The molecule has 1 aromatic rings. The van der Waals surface area contributed by atoms with Crippen LogP contribution in [0.4, 0.5) is 0 Å². The van der Waals surface area contributed by atoms with Crippen molar-refractivity contribution in [2.75, 3.05) is 40.5 Å². The number of carbonyl (C=O) groups excluding carboxylic acids is 1. The largest absolute Gasteiger partial charge is 0.490 e. The number of benzene rings is 1. The molecule has 1 atom stereocenters. The van der Waals surface area contributed by atoms with Gasteiger partial charge in [0.15, 0.2) is 11.5 Å². The predicted molar refractivity (Wildman–Crippen MR) is 106 cm³/mol. The number of hydrogen-bond acceptors (Lipinski definition) is 6. The fourth-order valence-corrected chi connectivity index (χ4v) is 4.32. The zero-order valence-corrected chi connectivity index (χ0v) is 16.9. The van der Waals surface area contributed by atoms with Crippen LogP contribution in [0.25, 0.3) is 0 Å². The van der Waals surface area contributed by atoms with Crippen molar-refractivity contribution < 1.29 is 19.0 Å². The van der Waals surface area contributed by atoms with E-state index < -0.39 is 0 Å². The zero-order chi connectivity index (χ0) is 19.5. The van der Waals surface area contributed by atoms with Crippen LogP contribution in [-0.4, -0.2) is 74.4 Å². The maximum Gasteiger partial charge on any atom is 0.234 e. The molecule has 3 aliphatic rings. The summed E-state index contributed by atoms with van der Waals surface area (Å²) >= 11 is 0. The molecule has 1 aromatic carbocycles. The predicted octanol–water partition coefficient (Wildman–Crippen LogP) is 1.86. The van der Waals surface area contributed by atoms with Crippen LogP contribution in [0.5, 0.6) is 17.2 Å². The van der Waals surface area contributed by atoms with E-state index in [9.17, 15) is 4.79 Å². The fraction of sp³-hybridized carbons (Fsp3) is 0.667. The third-order valence-corrected chi connectivity index (χ3v) is 6.03. The Morgan fingerprint density at radius 3 is 2.71 bits per heavy atom. The van der Waals surface area contributed by atoms with Crippen molar-refractivity contribution >= 4 is 5.91 Å². The molecule has 4 rings (SSSR count). The molecule has 1 saturated heterocycles. The molecule has 1 unspecified atom stereocenters. The topological polar surface area (TPSA) is 63.3 Å². The van der Waals surface area contributed by atoms with Crippen LogP contribution in [-0.2, 0) is 4.79 Å². The van der Waals surface area contributed by atoms with Gasteiger partial charge in [0.05, 0.1) is 12.6 Å². The van der Waals surface area contributed by atoms with Crippen molar-refractivity contribution in [3.8, 4) is 17.2 Å². The highest BCUT2D eigenvalue weighted by atomic mass is 16.7. The quantitative estimate of drug-likeness (QED) is 0.801. The summed E-state index contributed by atoms with van der Waals surface area (Å²) in [5.74, 6) is 2.49. The minimum Gasteiger partial charge on any atom is -0.490 e. The van der Waals surface area contributed by atoms with Crippen LogP contribution in [0.15, 0.2) is 18.2 Å². The maximum atomic E-state index is 12.4. The Balaban J connectivity index is 1.18. The van der Waals surface area contributed by atoms with Crippen LogP contribution in [0.3, 0.4) is 0 Å². The average molecular weight is 389 g/mol. The number of carbonyl (C=O) groups is 1. The highest BCUT2D eigenvalue weighted by molar-refractivity contribution is 5.78. The monoisotopic (exact) mass is 389 g/mol. The van der Waals surface area contributed by atoms with Gasteiger partial charge < -0.3 is 24.4 Å². The zero-order valence-electron chi connectivity index (χ0n) is 16.9. The molecule has 2 fully saturated rings. The first-order chi connectivity index (χ1) is 13.6. The van der Waals surface area contributed by atoms with Crippen molar-refractivity contribution in [1.82, 2.24) is 15.1 Å². The van der Waals surface area contributed by atoms with Crippen LogP contribution in [0.2, 0.25) is 0 Å². The number of fused-ring (bicyclic) bond motifs is 1. The van der Waals surface area contributed by atoms with Crippen molar-refractivity contribution in [3.63, 3.8) is 0 Å². The lowest BCUT2D eigenvalue weighted by Gasteiger charge is -2.30. The van der Waals surface area contributed by atoms with Crippen LogP contribution < -0.4 is 19.5 Å². The molecule has 0 radical (unpaired) electrons. The number of hydrogen-bond donors (Lipinski definition) is 1. The Kier molecular flexibility index (Phi) is 5.92. The minimum absolute atomic E-state index is 0.152. The number of ether oxygens (including phenoxy) is 3. The second kappa shape index (κ2) is 8.57. The number of likely N-dealkylation sites (tertiary alicyclic amines) is 1. The number of rotatable bonds is 6. The first-order valence-electron chi connectivity index (χ1n) is 10.3. The molecule has 0 bridgehead atoms. The Hall–Kier alpha value is -1.99. The van der Waals surface area contributed by atoms with Crippen LogP contribution >= 0.6 is 0 Å². The van der Waals surface area contributed by atoms with E-state index in [-0.39, 0.29) is 24.8 Å². The summed E-state index contributed by atoms with van der Waals surface area (Å²) in [4.78, 5) is 16.9. The molecule has 1 saturated carbocycles. The smallest absolute Gasteiger partial charge is 0.234 e. The van der Waals surface area contributed by atoms with E-state index in [1.165, 1.54) is 0 Å². The van der Waals surface area contributed by atoms with Gasteiger partial charge in [0, 0.05) is 31.2 Å². The fourth-order valence-electron chi connectivity index (χ4n) is 4.32. The number of nitrogens with one attached hydrogen (secondary N) is 1. The molecule has 7 heteroatoms. The van der Waals surface area contributed by atoms with E-state index >= 15 is 0 Å². The lowest BCUT2D eigenvalue weighted by Crippen LogP contribution is -2.44. The molecular formula is C21H31N3O4. The average Bonchev–Trinajstić information content (AvgIpc) is 3.32. The normalized spacial score (nSPS) is 27.2. The number of nitrogens with zero attached hydrogens (tertiary/aromatic N) is 2. The van der Waals surface area contributed by atoms with Gasteiger partial charge >= 0.3 is 0 Å². The van der Waals surface area contributed by atoms with Gasteiger partial charge in [0.1, 0.15) is 5.75 Å². The molecule has 154 valence electrons. The summed E-state index contributed by atoms with van der Waals surface area (Å²) in [7, 11) is 4.22. The van der Waals surface area contributed by atoms with Crippen molar-refractivity contribution in [2.24, 2.45) is 0 Å². The molecule has 1 aliphatic carbocycles. The van der Waals surface area contributed by atoms with E-state index in [0.717, 1.165) is 62.4 Å². The number of amides is 1. The Labute approximate surface area is 166 Å². The molecule has 2 heterocycles. The van der Waals surface area contributed by atoms with E-state index in [4.69, 9.17) is 14.2 Å². The highest BCUT2D eigenvalue weighted by Crippen LogP contribution is 2.36. The lowest BCUT2D eigenvalue weighted by atomic mass is 9.93. The van der Waals surface area contributed by atoms with Gasteiger partial charge in [-0.1, -0.05) is 0 Å². The standard InChI is InChI=1S/C21H31N3O4/c1-23(2)16-9-10-24(12-16)13-21(25)22-15-3-5-17(6-4-15)28-18-7-8-19-20(11-18)27-14-26-19/h7-8,11,15-17H,3-6,9-10,12-14H2,1-2H3,(H,22,25). The molecule has 7 nitrogen and oxygen atoms in total. The van der Waals surface area contributed by atoms with Gasteiger partial charge in [-0.2, -0.15) is 0 Å². The summed E-state index contributed by atoms with van der Waals surface area (Å²) in [6, 6.07) is 6.54. The first-order valence-corrected chi connectivity index (χ1v) is 10.3. The molecule has 1 amide bonds. The SMILES string of the molecule is CN(C)C1CCN(CC(=O)NC2CCC(Oc3ccc4c(c3)OCO4)CC2)C1. The maximum absolute atomic E-state index is 12.4. The molecule has 28 heavy (non-hydrogen) atoms. The molecule has 1 N–H and O–H groups in total. The minimum atomic E-state index is 0.152. The van der Waals surface area contributed by atoms with Gasteiger partial charge in [-0.15, -0.1) is 0 Å². The Bertz CT molecular complexity index is 688.